The number of aryl methyl sites for hydroxylation is 1. The molecule has 0 spiro atoms. The van der Waals surface area contributed by atoms with Crippen LogP contribution in [0.25, 0.3) is 0 Å². The molecule has 0 amide bonds. The molecule has 0 radical (unpaired) electrons. The second kappa shape index (κ2) is 7.43. The van der Waals surface area contributed by atoms with Gasteiger partial charge >= 0.3 is 0 Å². The van der Waals surface area contributed by atoms with E-state index in [2.05, 4.69) is 12.0 Å². The molecule has 2 aromatic rings. The van der Waals surface area contributed by atoms with Crippen molar-refractivity contribution in [3.63, 3.8) is 0 Å². The Balaban J connectivity index is 2.10. The maximum absolute atomic E-state index is 12.0. The van der Waals surface area contributed by atoms with Gasteiger partial charge in [0.25, 0.3) is 0 Å². The third-order valence-electron chi connectivity index (χ3n) is 3.25. The van der Waals surface area contributed by atoms with Crippen LogP contribution < -0.4 is 4.74 Å². The number of benzene rings is 2. The fraction of sp³-hybridized carbons (Fsp3) is 0.294. The Labute approximate surface area is 125 Å². The summed E-state index contributed by atoms with van der Waals surface area (Å²) in [6, 6.07) is 14.6. The van der Waals surface area contributed by atoms with Crippen molar-refractivity contribution in [2.24, 2.45) is 5.11 Å². The van der Waals surface area contributed by atoms with Gasteiger partial charge in [0.1, 0.15) is 11.4 Å². The predicted octanol–water partition coefficient (Wildman–Crippen LogP) is 4.96. The van der Waals surface area contributed by atoms with Crippen LogP contribution in [-0.4, -0.2) is 12.0 Å². The summed E-state index contributed by atoms with van der Waals surface area (Å²) >= 11 is 0. The van der Waals surface area contributed by atoms with Crippen LogP contribution in [0.3, 0.4) is 0 Å². The first kappa shape index (κ1) is 15.0. The van der Waals surface area contributed by atoms with E-state index in [1.807, 2.05) is 24.3 Å². The van der Waals surface area contributed by atoms with Gasteiger partial charge in [-0.25, -0.2) is 0 Å². The lowest BCUT2D eigenvalue weighted by molar-refractivity contribution is -0.435. The van der Waals surface area contributed by atoms with Gasteiger partial charge in [0.15, 0.2) is 0 Å². The molecule has 4 nitrogen and oxygen atoms in total. The van der Waals surface area contributed by atoms with Crippen molar-refractivity contribution < 1.29 is 9.60 Å². The Morgan fingerprint density at radius 1 is 1.05 bits per heavy atom. The Kier molecular flexibility index (Phi) is 5.32. The lowest BCUT2D eigenvalue weighted by atomic mass is 10.1. The predicted molar refractivity (Wildman–Crippen MR) is 83.4 cm³/mol. The molecule has 0 fully saturated rings. The summed E-state index contributed by atoms with van der Waals surface area (Å²) in [5.74, 6) is 0.742. The van der Waals surface area contributed by atoms with Crippen LogP contribution in [0.5, 0.6) is 5.75 Å². The van der Waals surface area contributed by atoms with Crippen molar-refractivity contribution in [2.75, 3.05) is 7.11 Å². The molecule has 0 saturated carbocycles. The zero-order chi connectivity index (χ0) is 15.1. The molecule has 0 aliphatic carbocycles. The molecular formula is C17H20N2O2. The van der Waals surface area contributed by atoms with Gasteiger partial charge in [0.2, 0.25) is 5.69 Å². The molecule has 0 aliphatic rings. The maximum atomic E-state index is 12.0. The minimum atomic E-state index is 0.533. The summed E-state index contributed by atoms with van der Waals surface area (Å²) < 4.78 is 5.07. The van der Waals surface area contributed by atoms with E-state index in [9.17, 15) is 5.21 Å². The highest BCUT2D eigenvalue weighted by Crippen LogP contribution is 2.21. The number of nitrogens with zero attached hydrogens (tertiary/aromatic N) is 2. The zero-order valence-corrected chi connectivity index (χ0v) is 12.5. The maximum Gasteiger partial charge on any atom is 0.244 e. The molecule has 2 rings (SSSR count). The molecule has 0 atom stereocenters. The van der Waals surface area contributed by atoms with Crippen LogP contribution in [0.15, 0.2) is 53.6 Å². The zero-order valence-electron chi connectivity index (χ0n) is 12.5. The smallest absolute Gasteiger partial charge is 0.244 e. The molecule has 0 saturated heterocycles. The van der Waals surface area contributed by atoms with E-state index in [0.717, 1.165) is 18.6 Å². The molecule has 2 aromatic carbocycles. The average Bonchev–Trinajstić information content (AvgIpc) is 2.54. The topological polar surface area (TPSA) is 47.7 Å². The van der Waals surface area contributed by atoms with Crippen LogP contribution in [0, 0.1) is 5.21 Å². The van der Waals surface area contributed by atoms with Crippen molar-refractivity contribution in [1.82, 2.24) is 0 Å². The van der Waals surface area contributed by atoms with E-state index in [0.29, 0.717) is 16.2 Å². The van der Waals surface area contributed by atoms with Crippen LogP contribution in [0.1, 0.15) is 25.3 Å². The highest BCUT2D eigenvalue weighted by Gasteiger charge is 2.04. The Morgan fingerprint density at radius 2 is 1.71 bits per heavy atom. The van der Waals surface area contributed by atoms with E-state index in [4.69, 9.17) is 4.74 Å². The van der Waals surface area contributed by atoms with E-state index >= 15 is 0 Å². The summed E-state index contributed by atoms with van der Waals surface area (Å²) in [6.07, 6.45) is 3.38. The highest BCUT2D eigenvalue weighted by atomic mass is 16.5. The SMILES string of the molecule is CCCCc1ccc(/[N+]([O-])=N/c2ccc(OC)cc2)cc1. The quantitative estimate of drug-likeness (QED) is 0.427. The minimum Gasteiger partial charge on any atom is -0.594 e. The Bertz CT molecular complexity index is 589. The van der Waals surface area contributed by atoms with Gasteiger partial charge in [0.05, 0.1) is 7.11 Å². The Hall–Kier alpha value is -2.36. The fourth-order valence-electron chi connectivity index (χ4n) is 1.98. The van der Waals surface area contributed by atoms with Crippen LogP contribution in [-0.2, 0) is 6.42 Å². The van der Waals surface area contributed by atoms with Gasteiger partial charge in [0, 0.05) is 17.2 Å². The lowest BCUT2D eigenvalue weighted by Crippen LogP contribution is -1.91. The number of ether oxygens (including phenoxy) is 1. The Morgan fingerprint density at radius 3 is 2.29 bits per heavy atom. The minimum absolute atomic E-state index is 0.533. The molecule has 110 valence electrons. The molecule has 0 heterocycles. The number of azo groups is 1. The monoisotopic (exact) mass is 284 g/mol. The molecule has 4 heteroatoms. The van der Waals surface area contributed by atoms with Crippen molar-refractivity contribution in [3.05, 3.63) is 59.3 Å². The van der Waals surface area contributed by atoms with E-state index in [-0.39, 0.29) is 0 Å². The largest absolute Gasteiger partial charge is 0.594 e. The summed E-state index contributed by atoms with van der Waals surface area (Å²) in [5, 5.41) is 16.0. The normalized spacial score (nSPS) is 11.4. The number of methoxy groups -OCH3 is 1. The van der Waals surface area contributed by atoms with Gasteiger partial charge < -0.3 is 9.94 Å². The van der Waals surface area contributed by atoms with E-state index in [1.165, 1.54) is 12.0 Å². The van der Waals surface area contributed by atoms with E-state index < -0.39 is 0 Å². The second-order valence-electron chi connectivity index (χ2n) is 4.84. The number of hydrogen-bond donors (Lipinski definition) is 0. The summed E-state index contributed by atoms with van der Waals surface area (Å²) in [7, 11) is 1.60. The van der Waals surface area contributed by atoms with E-state index in [1.54, 1.807) is 31.4 Å². The fourth-order valence-corrected chi connectivity index (χ4v) is 1.98. The average molecular weight is 284 g/mol. The van der Waals surface area contributed by atoms with Gasteiger partial charge in [-0.1, -0.05) is 30.3 Å². The number of unbranched alkanes of at least 4 members (excludes halogenated alkanes) is 1. The molecule has 0 aromatic heterocycles. The molecule has 21 heavy (non-hydrogen) atoms. The van der Waals surface area contributed by atoms with Gasteiger partial charge in [-0.3, -0.25) is 0 Å². The first-order valence-electron chi connectivity index (χ1n) is 7.15. The molecule has 0 bridgehead atoms. The standard InChI is InChI=1S/C17H20N2O2/c1-3-4-5-14-6-10-16(11-7-14)19(20)18-15-8-12-17(21-2)13-9-15/h6-13H,3-5H2,1-2H3/b19-18-. The molecule has 0 aliphatic heterocycles. The summed E-state index contributed by atoms with van der Waals surface area (Å²) in [5.41, 5.74) is 2.38. The summed E-state index contributed by atoms with van der Waals surface area (Å²) in [4.78, 5) is 0.644. The van der Waals surface area contributed by atoms with Crippen molar-refractivity contribution in [1.29, 1.82) is 0 Å². The van der Waals surface area contributed by atoms with Gasteiger partial charge in [-0.2, -0.15) is 0 Å². The second-order valence-corrected chi connectivity index (χ2v) is 4.84. The van der Waals surface area contributed by atoms with Crippen LogP contribution in [0.4, 0.5) is 11.4 Å². The van der Waals surface area contributed by atoms with Crippen molar-refractivity contribution >= 4 is 11.4 Å². The van der Waals surface area contributed by atoms with Gasteiger partial charge in [-0.05, 0) is 42.7 Å². The first-order valence-corrected chi connectivity index (χ1v) is 7.15. The van der Waals surface area contributed by atoms with Crippen LogP contribution >= 0.6 is 0 Å². The lowest BCUT2D eigenvalue weighted by Gasteiger charge is -2.03. The van der Waals surface area contributed by atoms with Crippen LogP contribution in [0.2, 0.25) is 0 Å². The van der Waals surface area contributed by atoms with Gasteiger partial charge in [-0.15, -0.1) is 0 Å². The number of rotatable bonds is 6. The molecular weight excluding hydrogens is 264 g/mol. The first-order chi connectivity index (χ1) is 10.2. The summed E-state index contributed by atoms with van der Waals surface area (Å²) in [6.45, 7) is 2.17. The molecule has 0 unspecified atom stereocenters. The highest BCUT2D eigenvalue weighted by molar-refractivity contribution is 5.40. The number of hydrogen-bond acceptors (Lipinski definition) is 3. The third kappa shape index (κ3) is 4.31. The molecule has 0 N–H and O–H groups in total. The third-order valence-corrected chi connectivity index (χ3v) is 3.25. The van der Waals surface area contributed by atoms with Crippen molar-refractivity contribution in [2.45, 2.75) is 26.2 Å². The van der Waals surface area contributed by atoms with Crippen molar-refractivity contribution in [3.8, 4) is 5.75 Å².